The van der Waals surface area contributed by atoms with Gasteiger partial charge in [-0.25, -0.2) is 0 Å². The molecule has 28 heavy (non-hydrogen) atoms. The van der Waals surface area contributed by atoms with E-state index in [2.05, 4.69) is 10.2 Å². The maximum Gasteiger partial charge on any atom is 0.416 e. The smallest absolute Gasteiger partial charge is 0.416 e. The second-order valence-electron chi connectivity index (χ2n) is 6.36. The van der Waals surface area contributed by atoms with Crippen LogP contribution in [-0.4, -0.2) is 16.1 Å². The van der Waals surface area contributed by atoms with Gasteiger partial charge in [0, 0.05) is 5.92 Å². The van der Waals surface area contributed by atoms with Crippen LogP contribution in [0.15, 0.2) is 54.6 Å². The Morgan fingerprint density at radius 1 is 1.11 bits per heavy atom. The first-order valence-corrected chi connectivity index (χ1v) is 8.37. The number of benzene rings is 2. The minimum absolute atomic E-state index is 0.0952. The highest BCUT2D eigenvalue weighted by atomic mass is 19.4. The maximum atomic E-state index is 13.2. The van der Waals surface area contributed by atoms with Crippen molar-refractivity contribution in [3.63, 3.8) is 0 Å². The lowest BCUT2D eigenvalue weighted by Crippen LogP contribution is -2.31. The number of halogens is 3. The fourth-order valence-electron chi connectivity index (χ4n) is 3.41. The van der Waals surface area contributed by atoms with Gasteiger partial charge in [0.1, 0.15) is 5.92 Å². The number of ether oxygens (including phenoxy) is 1. The second kappa shape index (κ2) is 6.53. The van der Waals surface area contributed by atoms with Crippen LogP contribution in [0.25, 0.3) is 11.3 Å². The fourth-order valence-corrected chi connectivity index (χ4v) is 3.41. The summed E-state index contributed by atoms with van der Waals surface area (Å²) in [6.07, 6.45) is -4.52. The summed E-state index contributed by atoms with van der Waals surface area (Å²) >= 11 is 0. The largest absolute Gasteiger partial charge is 0.422 e. The fraction of sp³-hybridized carbons (Fsp3) is 0.150. The van der Waals surface area contributed by atoms with Gasteiger partial charge in [0.25, 0.3) is 0 Å². The lowest BCUT2D eigenvalue weighted by molar-refractivity contribution is -0.137. The maximum absolute atomic E-state index is 13.2. The summed E-state index contributed by atoms with van der Waals surface area (Å²) in [5, 5.41) is 24.6. The first-order chi connectivity index (χ1) is 13.4. The summed E-state index contributed by atoms with van der Waals surface area (Å²) in [6.45, 7) is 0. The van der Waals surface area contributed by atoms with E-state index in [1.54, 1.807) is 0 Å². The highest BCUT2D eigenvalue weighted by Gasteiger charge is 2.41. The quantitative estimate of drug-likeness (QED) is 0.671. The lowest BCUT2D eigenvalue weighted by Gasteiger charge is -2.28. The summed E-state index contributed by atoms with van der Waals surface area (Å²) in [5.41, 5.74) is 1.22. The van der Waals surface area contributed by atoms with Crippen molar-refractivity contribution in [1.29, 1.82) is 10.7 Å². The molecule has 0 saturated heterocycles. The van der Waals surface area contributed by atoms with Gasteiger partial charge in [-0.3, -0.25) is 10.5 Å². The molecule has 0 amide bonds. The third-order valence-electron chi connectivity index (χ3n) is 4.68. The van der Waals surface area contributed by atoms with Crippen LogP contribution in [0.4, 0.5) is 13.2 Å². The number of aromatic amines is 1. The third-order valence-corrected chi connectivity index (χ3v) is 4.68. The highest BCUT2D eigenvalue weighted by Crippen LogP contribution is 2.46. The summed E-state index contributed by atoms with van der Waals surface area (Å²) < 4.78 is 45.0. The van der Waals surface area contributed by atoms with Crippen LogP contribution in [0, 0.1) is 22.7 Å². The van der Waals surface area contributed by atoms with Gasteiger partial charge >= 0.3 is 6.18 Å². The van der Waals surface area contributed by atoms with Crippen LogP contribution in [0.1, 0.15) is 22.6 Å². The number of alkyl halides is 3. The van der Waals surface area contributed by atoms with Gasteiger partial charge in [0.05, 0.1) is 22.9 Å². The number of hydrogen-bond acceptors (Lipinski definition) is 4. The van der Waals surface area contributed by atoms with Crippen molar-refractivity contribution in [2.45, 2.75) is 12.1 Å². The van der Waals surface area contributed by atoms with Gasteiger partial charge < -0.3 is 4.74 Å². The lowest BCUT2D eigenvalue weighted by atomic mass is 9.78. The van der Waals surface area contributed by atoms with E-state index in [-0.39, 0.29) is 17.3 Å². The number of rotatable bonds is 2. The zero-order valence-electron chi connectivity index (χ0n) is 14.3. The van der Waals surface area contributed by atoms with Crippen molar-refractivity contribution in [2.75, 3.05) is 0 Å². The molecule has 4 rings (SSSR count). The molecule has 2 atom stereocenters. The van der Waals surface area contributed by atoms with Crippen LogP contribution in [0.3, 0.4) is 0 Å². The van der Waals surface area contributed by atoms with Crippen molar-refractivity contribution < 1.29 is 17.9 Å². The summed E-state index contributed by atoms with van der Waals surface area (Å²) in [5.74, 6) is -2.14. The van der Waals surface area contributed by atoms with Crippen molar-refractivity contribution >= 4 is 5.90 Å². The number of H-pyrrole nitrogens is 1. The third kappa shape index (κ3) is 2.91. The first-order valence-electron chi connectivity index (χ1n) is 8.37. The molecule has 3 aromatic rings. The van der Waals surface area contributed by atoms with Crippen LogP contribution in [0.5, 0.6) is 5.88 Å². The van der Waals surface area contributed by atoms with Gasteiger partial charge in [-0.15, -0.1) is 5.10 Å². The normalized spacial score (nSPS) is 18.9. The molecule has 0 bridgehead atoms. The van der Waals surface area contributed by atoms with Crippen LogP contribution < -0.4 is 4.74 Å². The molecule has 5 nitrogen and oxygen atoms in total. The van der Waals surface area contributed by atoms with Gasteiger partial charge in [0.15, 0.2) is 0 Å². The van der Waals surface area contributed by atoms with Crippen molar-refractivity contribution in [2.24, 2.45) is 5.92 Å². The van der Waals surface area contributed by atoms with Crippen molar-refractivity contribution in [1.82, 2.24) is 10.2 Å². The predicted octanol–water partition coefficient (Wildman–Crippen LogP) is 4.74. The Hall–Kier alpha value is -3.60. The number of fused-ring (bicyclic) bond motifs is 1. The monoisotopic (exact) mass is 382 g/mol. The Balaban J connectivity index is 1.93. The SMILES string of the molecule is N#CC1C(=N)Oc2n[nH]c(-c3ccccc3)c2C1c1cccc(C(F)(F)F)c1. The number of hydrogen-bond donors (Lipinski definition) is 2. The average molecular weight is 382 g/mol. The molecule has 0 fully saturated rings. The highest BCUT2D eigenvalue weighted by molar-refractivity contribution is 5.86. The minimum atomic E-state index is -4.52. The van der Waals surface area contributed by atoms with E-state index in [0.29, 0.717) is 11.3 Å². The molecule has 1 aliphatic rings. The standard InChI is InChI=1S/C20H13F3N4O/c21-20(22,23)13-8-4-7-12(9-13)15-14(10-24)18(25)28-19-16(15)17(26-27-19)11-5-2-1-3-6-11/h1-9,14-15,25H,(H,26,27). The van der Waals surface area contributed by atoms with Gasteiger partial charge in [-0.1, -0.05) is 48.5 Å². The molecule has 2 N–H and O–H groups in total. The van der Waals surface area contributed by atoms with E-state index in [4.69, 9.17) is 10.1 Å². The van der Waals surface area contributed by atoms with E-state index < -0.39 is 23.6 Å². The topological polar surface area (TPSA) is 85.6 Å². The molecule has 1 aliphatic heterocycles. The van der Waals surface area contributed by atoms with E-state index >= 15 is 0 Å². The average Bonchev–Trinajstić information content (AvgIpc) is 3.10. The molecule has 2 unspecified atom stereocenters. The first kappa shape index (κ1) is 17.8. The Labute approximate surface area is 157 Å². The molecule has 0 saturated carbocycles. The van der Waals surface area contributed by atoms with Crippen molar-refractivity contribution in [3.8, 4) is 23.2 Å². The molecule has 0 radical (unpaired) electrons. The molecule has 8 heteroatoms. The zero-order valence-corrected chi connectivity index (χ0v) is 14.3. The van der Waals surface area contributed by atoms with Crippen LogP contribution in [-0.2, 0) is 6.18 Å². The van der Waals surface area contributed by atoms with E-state index in [1.807, 2.05) is 36.4 Å². The van der Waals surface area contributed by atoms with Gasteiger partial charge in [0.2, 0.25) is 11.8 Å². The Morgan fingerprint density at radius 2 is 1.86 bits per heavy atom. The van der Waals surface area contributed by atoms with Crippen molar-refractivity contribution in [3.05, 3.63) is 71.3 Å². The van der Waals surface area contributed by atoms with E-state index in [9.17, 15) is 18.4 Å². The zero-order chi connectivity index (χ0) is 19.9. The molecular formula is C20H13F3N4O. The van der Waals surface area contributed by atoms with Crippen LogP contribution >= 0.6 is 0 Å². The molecule has 2 aromatic carbocycles. The number of aromatic nitrogens is 2. The van der Waals surface area contributed by atoms with E-state index in [1.165, 1.54) is 12.1 Å². The number of nitrogens with one attached hydrogen (secondary N) is 2. The molecular weight excluding hydrogens is 369 g/mol. The molecule has 1 aromatic heterocycles. The molecule has 140 valence electrons. The molecule has 0 aliphatic carbocycles. The summed E-state index contributed by atoms with van der Waals surface area (Å²) in [4.78, 5) is 0. The molecule has 2 heterocycles. The van der Waals surface area contributed by atoms with Gasteiger partial charge in [-0.05, 0) is 17.2 Å². The Morgan fingerprint density at radius 3 is 2.54 bits per heavy atom. The second-order valence-corrected chi connectivity index (χ2v) is 6.36. The summed E-state index contributed by atoms with van der Waals surface area (Å²) in [7, 11) is 0. The van der Waals surface area contributed by atoms with Crippen LogP contribution in [0.2, 0.25) is 0 Å². The number of nitrogens with zero attached hydrogens (tertiary/aromatic N) is 2. The predicted molar refractivity (Wildman–Crippen MR) is 94.8 cm³/mol. The molecule has 0 spiro atoms. The Bertz CT molecular complexity index is 1080. The minimum Gasteiger partial charge on any atom is -0.422 e. The van der Waals surface area contributed by atoms with Gasteiger partial charge in [-0.2, -0.15) is 18.4 Å². The summed E-state index contributed by atoms with van der Waals surface area (Å²) in [6, 6.07) is 15.9. The number of nitriles is 1. The van der Waals surface area contributed by atoms with E-state index in [0.717, 1.165) is 17.7 Å². The Kier molecular flexibility index (Phi) is 4.15.